The van der Waals surface area contributed by atoms with Gasteiger partial charge in [0.2, 0.25) is 0 Å². The smallest absolute Gasteiger partial charge is 0.352 e. The molecule has 0 spiro atoms. The summed E-state index contributed by atoms with van der Waals surface area (Å²) in [5.74, 6) is -0.00978. The van der Waals surface area contributed by atoms with Gasteiger partial charge in [-0.15, -0.1) is 0 Å². The van der Waals surface area contributed by atoms with Gasteiger partial charge in [-0.1, -0.05) is 42.3 Å². The van der Waals surface area contributed by atoms with Gasteiger partial charge in [0.25, 0.3) is 0 Å². The highest BCUT2D eigenvalue weighted by Crippen LogP contribution is 2.09. The Labute approximate surface area is 112 Å². The summed E-state index contributed by atoms with van der Waals surface area (Å²) in [7, 11) is 0. The number of rotatable bonds is 7. The molecule has 0 aliphatic heterocycles. The number of aryl methyl sites for hydroxylation is 1. The summed E-state index contributed by atoms with van der Waals surface area (Å²) < 4.78 is 2.90. The lowest BCUT2D eigenvalue weighted by atomic mass is 10.1. The van der Waals surface area contributed by atoms with Gasteiger partial charge in [0.05, 0.1) is 0 Å². The molecule has 0 atom stereocenters. The highest BCUT2D eigenvalue weighted by atomic mass is 32.2. The van der Waals surface area contributed by atoms with Gasteiger partial charge >= 0.3 is 5.97 Å². The SMILES string of the molecule is CC(C)=C(NSCCCc1ccccc1)C(=O)O. The molecule has 0 aromatic heterocycles. The normalized spacial score (nSPS) is 9.89. The molecule has 0 heterocycles. The molecule has 0 bridgehead atoms. The Morgan fingerprint density at radius 2 is 1.94 bits per heavy atom. The van der Waals surface area contributed by atoms with Gasteiger partial charge in [-0.25, -0.2) is 4.79 Å². The minimum atomic E-state index is -0.898. The molecule has 1 aromatic carbocycles. The second-order valence-electron chi connectivity index (χ2n) is 4.22. The van der Waals surface area contributed by atoms with Crippen molar-refractivity contribution in [1.82, 2.24) is 4.72 Å². The third kappa shape index (κ3) is 5.27. The number of benzene rings is 1. The second-order valence-corrected chi connectivity index (χ2v) is 5.12. The fourth-order valence-corrected chi connectivity index (χ4v) is 2.30. The summed E-state index contributed by atoms with van der Waals surface area (Å²) in [6, 6.07) is 10.3. The van der Waals surface area contributed by atoms with E-state index in [1.54, 1.807) is 13.8 Å². The monoisotopic (exact) mass is 265 g/mol. The van der Waals surface area contributed by atoms with E-state index in [-0.39, 0.29) is 0 Å². The van der Waals surface area contributed by atoms with E-state index in [1.807, 2.05) is 18.2 Å². The Kier molecular flexibility index (Phi) is 6.36. The zero-order valence-electron chi connectivity index (χ0n) is 10.8. The zero-order valence-corrected chi connectivity index (χ0v) is 11.6. The fourth-order valence-electron chi connectivity index (χ4n) is 1.48. The van der Waals surface area contributed by atoms with Crippen LogP contribution < -0.4 is 4.72 Å². The highest BCUT2D eigenvalue weighted by molar-refractivity contribution is 7.97. The molecule has 0 amide bonds. The number of allylic oxidation sites excluding steroid dienone is 1. The van der Waals surface area contributed by atoms with Gasteiger partial charge in [-0.2, -0.15) is 0 Å². The summed E-state index contributed by atoms with van der Waals surface area (Å²) in [5.41, 5.74) is 2.40. The van der Waals surface area contributed by atoms with E-state index in [9.17, 15) is 4.79 Å². The van der Waals surface area contributed by atoms with E-state index >= 15 is 0 Å². The van der Waals surface area contributed by atoms with E-state index in [4.69, 9.17) is 5.11 Å². The summed E-state index contributed by atoms with van der Waals surface area (Å²) in [5, 5.41) is 8.94. The molecule has 4 heteroatoms. The maximum atomic E-state index is 10.9. The van der Waals surface area contributed by atoms with Crippen LogP contribution >= 0.6 is 11.9 Å². The van der Waals surface area contributed by atoms with Crippen molar-refractivity contribution in [3.8, 4) is 0 Å². The van der Waals surface area contributed by atoms with Crippen molar-refractivity contribution in [2.75, 3.05) is 5.75 Å². The summed E-state index contributed by atoms with van der Waals surface area (Å²) in [6.45, 7) is 3.59. The molecule has 0 aliphatic carbocycles. The Bertz CT molecular complexity index is 411. The molecule has 0 fully saturated rings. The van der Waals surface area contributed by atoms with Crippen LogP contribution in [0, 0.1) is 0 Å². The number of carbonyl (C=O) groups is 1. The predicted octanol–water partition coefficient (Wildman–Crippen LogP) is 3.24. The van der Waals surface area contributed by atoms with Crippen molar-refractivity contribution >= 4 is 17.9 Å². The Balaban J connectivity index is 2.23. The summed E-state index contributed by atoms with van der Waals surface area (Å²) in [4.78, 5) is 10.9. The van der Waals surface area contributed by atoms with Crippen molar-refractivity contribution < 1.29 is 9.90 Å². The van der Waals surface area contributed by atoms with Gasteiger partial charge in [0.15, 0.2) is 0 Å². The Morgan fingerprint density at radius 1 is 1.28 bits per heavy atom. The van der Waals surface area contributed by atoms with Crippen LogP contribution in [0.1, 0.15) is 25.8 Å². The van der Waals surface area contributed by atoms with Crippen molar-refractivity contribution in [1.29, 1.82) is 0 Å². The second kappa shape index (κ2) is 7.82. The minimum absolute atomic E-state index is 0.291. The molecule has 1 rings (SSSR count). The molecule has 0 unspecified atom stereocenters. The summed E-state index contributed by atoms with van der Waals surface area (Å²) >= 11 is 1.45. The van der Waals surface area contributed by atoms with Crippen molar-refractivity contribution in [3.05, 3.63) is 47.2 Å². The maximum Gasteiger partial charge on any atom is 0.352 e. The lowest BCUT2D eigenvalue weighted by Crippen LogP contribution is -2.15. The molecular formula is C14H19NO2S. The third-order valence-corrected chi connectivity index (χ3v) is 3.28. The van der Waals surface area contributed by atoms with Crippen LogP contribution in [0.4, 0.5) is 0 Å². The van der Waals surface area contributed by atoms with Crippen LogP contribution in [0.2, 0.25) is 0 Å². The predicted molar refractivity (Wildman–Crippen MR) is 76.4 cm³/mol. The highest BCUT2D eigenvalue weighted by Gasteiger charge is 2.07. The van der Waals surface area contributed by atoms with Crippen LogP contribution in [-0.4, -0.2) is 16.8 Å². The lowest BCUT2D eigenvalue weighted by molar-refractivity contribution is -0.132. The molecule has 0 aliphatic rings. The molecule has 0 saturated carbocycles. The fraction of sp³-hybridized carbons (Fsp3) is 0.357. The first-order valence-corrected chi connectivity index (χ1v) is 6.92. The van der Waals surface area contributed by atoms with Crippen LogP contribution in [-0.2, 0) is 11.2 Å². The number of hydrogen-bond donors (Lipinski definition) is 2. The van der Waals surface area contributed by atoms with Crippen LogP contribution in [0.15, 0.2) is 41.6 Å². The molecule has 0 saturated heterocycles. The molecule has 2 N–H and O–H groups in total. The minimum Gasteiger partial charge on any atom is -0.477 e. The number of hydrogen-bond acceptors (Lipinski definition) is 3. The Morgan fingerprint density at radius 3 is 2.50 bits per heavy atom. The average Bonchev–Trinajstić information content (AvgIpc) is 2.34. The first-order valence-electron chi connectivity index (χ1n) is 5.93. The molecule has 98 valence electrons. The number of nitrogens with one attached hydrogen (secondary N) is 1. The molecular weight excluding hydrogens is 246 g/mol. The van der Waals surface area contributed by atoms with Gasteiger partial charge < -0.3 is 9.83 Å². The van der Waals surface area contributed by atoms with E-state index < -0.39 is 5.97 Å². The van der Waals surface area contributed by atoms with Crippen LogP contribution in [0.5, 0.6) is 0 Å². The van der Waals surface area contributed by atoms with Crippen LogP contribution in [0.25, 0.3) is 0 Å². The van der Waals surface area contributed by atoms with Gasteiger partial charge in [0, 0.05) is 5.75 Å². The molecule has 18 heavy (non-hydrogen) atoms. The van der Waals surface area contributed by atoms with Gasteiger partial charge in [-0.3, -0.25) is 0 Å². The van der Waals surface area contributed by atoms with Crippen molar-refractivity contribution in [2.45, 2.75) is 26.7 Å². The quantitative estimate of drug-likeness (QED) is 0.451. The van der Waals surface area contributed by atoms with E-state index in [2.05, 4.69) is 16.9 Å². The first-order chi connectivity index (χ1) is 8.61. The van der Waals surface area contributed by atoms with Crippen LogP contribution in [0.3, 0.4) is 0 Å². The molecule has 1 aromatic rings. The van der Waals surface area contributed by atoms with Gasteiger partial charge in [0.1, 0.15) is 5.70 Å². The molecule has 3 nitrogen and oxygen atoms in total. The van der Waals surface area contributed by atoms with E-state index in [1.165, 1.54) is 17.5 Å². The first kappa shape index (κ1) is 14.6. The maximum absolute atomic E-state index is 10.9. The molecule has 0 radical (unpaired) electrons. The number of aliphatic carboxylic acids is 1. The van der Waals surface area contributed by atoms with E-state index in [0.29, 0.717) is 5.70 Å². The number of carboxylic acids is 1. The Hall–Kier alpha value is -1.42. The van der Waals surface area contributed by atoms with E-state index in [0.717, 1.165) is 24.2 Å². The number of carboxylic acid groups (broad SMARTS) is 1. The van der Waals surface area contributed by atoms with Crippen molar-refractivity contribution in [2.24, 2.45) is 0 Å². The zero-order chi connectivity index (χ0) is 13.4. The lowest BCUT2D eigenvalue weighted by Gasteiger charge is -2.07. The largest absolute Gasteiger partial charge is 0.477 e. The summed E-state index contributed by atoms with van der Waals surface area (Å²) in [6.07, 6.45) is 2.05. The average molecular weight is 265 g/mol. The topological polar surface area (TPSA) is 49.3 Å². The standard InChI is InChI=1S/C14H19NO2S/c1-11(2)13(14(16)17)15-18-10-6-9-12-7-4-3-5-8-12/h3-5,7-8,15H,6,9-10H2,1-2H3,(H,16,17). The third-order valence-electron chi connectivity index (χ3n) is 2.44. The van der Waals surface area contributed by atoms with Crippen molar-refractivity contribution in [3.63, 3.8) is 0 Å². The van der Waals surface area contributed by atoms with Gasteiger partial charge in [-0.05, 0) is 37.8 Å².